The zero-order chi connectivity index (χ0) is 17.9. The summed E-state index contributed by atoms with van der Waals surface area (Å²) in [7, 11) is -2.86. The first-order chi connectivity index (χ1) is 11.3. The lowest BCUT2D eigenvalue weighted by atomic mass is 10.3. The molecular weight excluding hydrogens is 441 g/mol. The second-order valence-corrected chi connectivity index (χ2v) is 8.26. The topological polar surface area (TPSA) is 63.7 Å². The Morgan fingerprint density at radius 2 is 1.79 bits per heavy atom. The average molecular weight is 453 g/mol. The maximum atomic E-state index is 12.9. The van der Waals surface area contributed by atoms with E-state index in [1.54, 1.807) is 12.1 Å². The molecule has 5 nitrogen and oxygen atoms in total. The Kier molecular flexibility index (Phi) is 6.14. The Morgan fingerprint density at radius 1 is 1.17 bits per heavy atom. The Labute approximate surface area is 158 Å². The van der Waals surface area contributed by atoms with Gasteiger partial charge in [0.05, 0.1) is 22.7 Å². The van der Waals surface area contributed by atoms with Crippen LogP contribution < -0.4 is 4.31 Å². The van der Waals surface area contributed by atoms with Crippen molar-refractivity contribution in [2.75, 3.05) is 18.0 Å². The summed E-state index contributed by atoms with van der Waals surface area (Å²) in [6.45, 7) is -0.511. The van der Waals surface area contributed by atoms with Crippen LogP contribution >= 0.6 is 39.1 Å². The third-order valence-corrected chi connectivity index (χ3v) is 5.90. The van der Waals surface area contributed by atoms with Crippen molar-refractivity contribution in [3.05, 3.63) is 57.0 Å². The van der Waals surface area contributed by atoms with E-state index in [1.807, 2.05) is 0 Å². The number of ether oxygens (including phenoxy) is 1. The van der Waals surface area contributed by atoms with Gasteiger partial charge in [-0.15, -0.1) is 0 Å². The highest BCUT2D eigenvalue weighted by Crippen LogP contribution is 2.33. The Morgan fingerprint density at radius 3 is 2.33 bits per heavy atom. The normalized spacial score (nSPS) is 11.2. The number of anilines is 1. The maximum Gasteiger partial charge on any atom is 0.326 e. The summed E-state index contributed by atoms with van der Waals surface area (Å²) in [5.74, 6) is -0.716. The molecule has 2 aromatic carbocycles. The summed E-state index contributed by atoms with van der Waals surface area (Å²) in [5, 5.41) is 0.570. The number of esters is 1. The van der Waals surface area contributed by atoms with Gasteiger partial charge in [0.2, 0.25) is 0 Å². The highest BCUT2D eigenvalue weighted by atomic mass is 79.9. The monoisotopic (exact) mass is 451 g/mol. The number of benzene rings is 2. The van der Waals surface area contributed by atoms with Gasteiger partial charge in [0.25, 0.3) is 10.0 Å². The van der Waals surface area contributed by atoms with Crippen molar-refractivity contribution in [1.82, 2.24) is 0 Å². The van der Waals surface area contributed by atoms with Gasteiger partial charge < -0.3 is 4.74 Å². The fraction of sp³-hybridized carbons (Fsp3) is 0.133. The lowest BCUT2D eigenvalue weighted by Crippen LogP contribution is -2.36. The van der Waals surface area contributed by atoms with Crippen molar-refractivity contribution in [3.63, 3.8) is 0 Å². The molecule has 0 atom stereocenters. The molecule has 2 aromatic rings. The van der Waals surface area contributed by atoms with E-state index < -0.39 is 22.5 Å². The summed E-state index contributed by atoms with van der Waals surface area (Å²) in [5.41, 5.74) is 0.167. The standard InChI is InChI=1S/C15H12BrCl2NO4S/c1-23-15(20)9-19(14-7-2-10(16)8-13(14)18)24(21,22)12-5-3-11(17)4-6-12/h2-8H,9H2,1H3. The molecule has 0 saturated heterocycles. The first-order valence-electron chi connectivity index (χ1n) is 6.56. The molecule has 0 fully saturated rings. The number of nitrogens with zero attached hydrogens (tertiary/aromatic N) is 1. The van der Waals surface area contributed by atoms with Gasteiger partial charge in [-0.3, -0.25) is 9.10 Å². The van der Waals surface area contributed by atoms with Crippen LogP contribution in [0.5, 0.6) is 0 Å². The van der Waals surface area contributed by atoms with Crippen molar-refractivity contribution >= 4 is 60.8 Å². The Balaban J connectivity index is 2.57. The molecule has 128 valence electrons. The Hall–Kier alpha value is -1.28. The number of rotatable bonds is 5. The number of hydrogen-bond donors (Lipinski definition) is 0. The quantitative estimate of drug-likeness (QED) is 0.640. The van der Waals surface area contributed by atoms with Gasteiger partial charge in [0.1, 0.15) is 6.54 Å². The van der Waals surface area contributed by atoms with E-state index in [4.69, 9.17) is 23.2 Å². The van der Waals surface area contributed by atoms with Crippen LogP contribution in [-0.4, -0.2) is 28.0 Å². The molecule has 0 spiro atoms. The second kappa shape index (κ2) is 7.74. The summed E-state index contributed by atoms with van der Waals surface area (Å²) in [4.78, 5) is 11.7. The zero-order valence-electron chi connectivity index (χ0n) is 12.4. The fourth-order valence-corrected chi connectivity index (χ4v) is 4.28. The van der Waals surface area contributed by atoms with E-state index in [2.05, 4.69) is 20.7 Å². The van der Waals surface area contributed by atoms with Crippen LogP contribution in [0.15, 0.2) is 51.8 Å². The molecule has 0 aliphatic rings. The largest absolute Gasteiger partial charge is 0.468 e. The molecule has 0 N–H and O–H groups in total. The van der Waals surface area contributed by atoms with E-state index >= 15 is 0 Å². The molecule has 0 amide bonds. The molecule has 2 rings (SSSR count). The number of carbonyl (C=O) groups is 1. The van der Waals surface area contributed by atoms with Crippen molar-refractivity contribution in [1.29, 1.82) is 0 Å². The van der Waals surface area contributed by atoms with Crippen LogP contribution in [0.2, 0.25) is 10.0 Å². The minimum Gasteiger partial charge on any atom is -0.468 e. The van der Waals surface area contributed by atoms with Crippen molar-refractivity contribution in [2.24, 2.45) is 0 Å². The number of sulfonamides is 1. The maximum absolute atomic E-state index is 12.9. The molecule has 0 heterocycles. The molecule has 0 radical (unpaired) electrons. The van der Waals surface area contributed by atoms with E-state index in [-0.39, 0.29) is 15.6 Å². The van der Waals surface area contributed by atoms with E-state index in [0.717, 1.165) is 4.31 Å². The van der Waals surface area contributed by atoms with Gasteiger partial charge in [-0.05, 0) is 42.5 Å². The lowest BCUT2D eigenvalue weighted by molar-refractivity contribution is -0.138. The number of halogens is 3. The molecule has 9 heteroatoms. The third kappa shape index (κ3) is 4.22. The molecule has 24 heavy (non-hydrogen) atoms. The number of carbonyl (C=O) groups excluding carboxylic acids is 1. The first-order valence-corrected chi connectivity index (χ1v) is 9.55. The van der Waals surface area contributed by atoms with Gasteiger partial charge in [-0.2, -0.15) is 0 Å². The molecule has 0 aliphatic heterocycles. The summed E-state index contributed by atoms with van der Waals surface area (Å²) in [6.07, 6.45) is 0. The average Bonchev–Trinajstić information content (AvgIpc) is 2.53. The smallest absolute Gasteiger partial charge is 0.326 e. The molecular formula is C15H12BrCl2NO4S. The fourth-order valence-electron chi connectivity index (χ4n) is 1.90. The molecule has 0 aromatic heterocycles. The number of methoxy groups -OCH3 is 1. The van der Waals surface area contributed by atoms with Crippen molar-refractivity contribution < 1.29 is 17.9 Å². The first kappa shape index (κ1) is 19.1. The van der Waals surface area contributed by atoms with Gasteiger partial charge >= 0.3 is 5.97 Å². The summed E-state index contributed by atoms with van der Waals surface area (Å²) in [6, 6.07) is 10.3. The van der Waals surface area contributed by atoms with Crippen LogP contribution in [0.25, 0.3) is 0 Å². The van der Waals surface area contributed by atoms with E-state index in [0.29, 0.717) is 9.50 Å². The second-order valence-electron chi connectivity index (χ2n) is 4.64. The molecule has 0 bridgehead atoms. The Bertz CT molecular complexity index is 856. The predicted octanol–water partition coefficient (Wildman–Crippen LogP) is 4.12. The van der Waals surface area contributed by atoms with Gasteiger partial charge in [-0.25, -0.2) is 8.42 Å². The molecule has 0 saturated carbocycles. The number of hydrogen-bond acceptors (Lipinski definition) is 4. The summed E-state index contributed by atoms with van der Waals surface area (Å²) < 4.78 is 32.1. The highest BCUT2D eigenvalue weighted by molar-refractivity contribution is 9.10. The highest BCUT2D eigenvalue weighted by Gasteiger charge is 2.29. The van der Waals surface area contributed by atoms with Crippen molar-refractivity contribution in [3.8, 4) is 0 Å². The van der Waals surface area contributed by atoms with Crippen LogP contribution in [0.1, 0.15) is 0 Å². The minimum atomic E-state index is -4.04. The van der Waals surface area contributed by atoms with Crippen molar-refractivity contribution in [2.45, 2.75) is 4.90 Å². The van der Waals surface area contributed by atoms with Crippen LogP contribution in [0, 0.1) is 0 Å². The zero-order valence-corrected chi connectivity index (χ0v) is 16.3. The van der Waals surface area contributed by atoms with Crippen LogP contribution in [-0.2, 0) is 19.6 Å². The summed E-state index contributed by atoms with van der Waals surface area (Å²) >= 11 is 15.2. The third-order valence-electron chi connectivity index (χ3n) is 3.08. The van der Waals surface area contributed by atoms with E-state index in [9.17, 15) is 13.2 Å². The lowest BCUT2D eigenvalue weighted by Gasteiger charge is -2.24. The van der Waals surface area contributed by atoms with Crippen LogP contribution in [0.3, 0.4) is 0 Å². The predicted molar refractivity (Wildman–Crippen MR) is 97.2 cm³/mol. The van der Waals surface area contributed by atoms with Gasteiger partial charge in [0.15, 0.2) is 0 Å². The molecule has 0 aliphatic carbocycles. The van der Waals surface area contributed by atoms with Gasteiger partial charge in [-0.1, -0.05) is 39.1 Å². The molecule has 0 unspecified atom stereocenters. The minimum absolute atomic E-state index is 0.0187. The van der Waals surface area contributed by atoms with E-state index in [1.165, 1.54) is 37.4 Å². The van der Waals surface area contributed by atoms with Crippen LogP contribution in [0.4, 0.5) is 5.69 Å². The van der Waals surface area contributed by atoms with Gasteiger partial charge in [0, 0.05) is 9.50 Å². The SMILES string of the molecule is COC(=O)CN(c1ccc(Br)cc1Cl)S(=O)(=O)c1ccc(Cl)cc1.